The van der Waals surface area contributed by atoms with Crippen molar-refractivity contribution < 1.29 is 9.90 Å². The summed E-state index contributed by atoms with van der Waals surface area (Å²) in [4.78, 5) is 15.8. The highest BCUT2D eigenvalue weighted by atomic mass is 32.1. The Kier molecular flexibility index (Phi) is 5.55. The fourth-order valence-electron chi connectivity index (χ4n) is 1.70. The van der Waals surface area contributed by atoms with Gasteiger partial charge in [-0.3, -0.25) is 4.79 Å². The van der Waals surface area contributed by atoms with Gasteiger partial charge in [-0.05, 0) is 12.8 Å². The maximum Gasteiger partial charge on any atom is 0.226 e. The van der Waals surface area contributed by atoms with Crippen molar-refractivity contribution >= 4 is 22.4 Å². The van der Waals surface area contributed by atoms with Crippen LogP contribution in [0.4, 0.5) is 5.13 Å². The number of rotatable bonds is 7. The molecule has 4 N–H and O–H groups in total. The molecule has 0 aromatic carbocycles. The van der Waals surface area contributed by atoms with E-state index < -0.39 is 0 Å². The van der Waals surface area contributed by atoms with Crippen molar-refractivity contribution in [2.45, 2.75) is 33.1 Å². The second kappa shape index (κ2) is 6.70. The van der Waals surface area contributed by atoms with Gasteiger partial charge in [-0.2, -0.15) is 0 Å². The molecule has 1 heterocycles. The molecule has 18 heavy (non-hydrogen) atoms. The van der Waals surface area contributed by atoms with Crippen LogP contribution in [0.5, 0.6) is 0 Å². The molecule has 1 amide bonds. The molecule has 0 spiro atoms. The number of nitrogens with zero attached hydrogens (tertiary/aromatic N) is 1. The molecule has 0 saturated carbocycles. The topological polar surface area (TPSA) is 88.2 Å². The number of nitrogens with two attached hydrogens (primary N) is 1. The van der Waals surface area contributed by atoms with Crippen LogP contribution in [0.2, 0.25) is 0 Å². The monoisotopic (exact) mass is 271 g/mol. The largest absolute Gasteiger partial charge is 0.396 e. The lowest BCUT2D eigenvalue weighted by molar-refractivity contribution is -0.121. The van der Waals surface area contributed by atoms with E-state index in [1.165, 1.54) is 11.3 Å². The molecule has 0 atom stereocenters. The third-order valence-corrected chi connectivity index (χ3v) is 4.13. The molecule has 0 radical (unpaired) electrons. The van der Waals surface area contributed by atoms with Gasteiger partial charge in [0.1, 0.15) is 0 Å². The maximum atomic E-state index is 11.7. The SMILES string of the molecule is CCC(CC)(CO)CNC(=O)Cc1csc(N)n1. The highest BCUT2D eigenvalue weighted by molar-refractivity contribution is 7.13. The van der Waals surface area contributed by atoms with Crippen molar-refractivity contribution in [3.05, 3.63) is 11.1 Å². The lowest BCUT2D eigenvalue weighted by Gasteiger charge is -2.29. The number of anilines is 1. The second-order valence-corrected chi connectivity index (χ2v) is 5.39. The molecule has 0 unspecified atom stereocenters. The van der Waals surface area contributed by atoms with E-state index >= 15 is 0 Å². The van der Waals surface area contributed by atoms with Crippen molar-refractivity contribution in [3.63, 3.8) is 0 Å². The quantitative estimate of drug-likeness (QED) is 0.695. The Morgan fingerprint density at radius 2 is 2.22 bits per heavy atom. The number of carbonyl (C=O) groups excluding carboxylic acids is 1. The lowest BCUT2D eigenvalue weighted by Crippen LogP contribution is -2.40. The molecule has 0 saturated heterocycles. The highest BCUT2D eigenvalue weighted by Gasteiger charge is 2.25. The lowest BCUT2D eigenvalue weighted by atomic mass is 9.83. The Bertz CT molecular complexity index is 380. The molecule has 1 aromatic heterocycles. The summed E-state index contributed by atoms with van der Waals surface area (Å²) in [5.41, 5.74) is 5.99. The van der Waals surface area contributed by atoms with Gasteiger partial charge in [0, 0.05) is 17.3 Å². The number of nitrogens with one attached hydrogen (secondary N) is 1. The Labute approximate surface area is 111 Å². The fraction of sp³-hybridized carbons (Fsp3) is 0.667. The molecular formula is C12H21N3O2S. The third kappa shape index (κ3) is 3.96. The van der Waals surface area contributed by atoms with Crippen molar-refractivity contribution in [1.82, 2.24) is 10.3 Å². The van der Waals surface area contributed by atoms with Crippen molar-refractivity contribution in [2.75, 3.05) is 18.9 Å². The minimum atomic E-state index is -0.212. The number of nitrogen functional groups attached to an aromatic ring is 1. The summed E-state index contributed by atoms with van der Waals surface area (Å²) in [7, 11) is 0. The third-order valence-electron chi connectivity index (χ3n) is 3.41. The first kappa shape index (κ1) is 14.9. The molecule has 5 nitrogen and oxygen atoms in total. The Morgan fingerprint density at radius 1 is 1.56 bits per heavy atom. The summed E-state index contributed by atoms with van der Waals surface area (Å²) in [6.07, 6.45) is 1.91. The van der Waals surface area contributed by atoms with E-state index in [2.05, 4.69) is 10.3 Å². The standard InChI is InChI=1S/C12H21N3O2S/c1-3-12(4-2,8-16)7-14-10(17)5-9-6-18-11(13)15-9/h6,16H,3-5,7-8H2,1-2H3,(H2,13,15)(H,14,17). The van der Waals surface area contributed by atoms with Crippen LogP contribution in [0.15, 0.2) is 5.38 Å². The number of carbonyl (C=O) groups is 1. The van der Waals surface area contributed by atoms with Crippen molar-refractivity contribution in [1.29, 1.82) is 0 Å². The fourth-order valence-corrected chi connectivity index (χ4v) is 2.26. The number of aromatic nitrogens is 1. The summed E-state index contributed by atoms with van der Waals surface area (Å²) in [6, 6.07) is 0. The van der Waals surface area contributed by atoms with E-state index in [4.69, 9.17) is 5.73 Å². The van der Waals surface area contributed by atoms with Gasteiger partial charge in [0.2, 0.25) is 5.91 Å². The van der Waals surface area contributed by atoms with Crippen LogP contribution in [0.25, 0.3) is 0 Å². The Hall–Kier alpha value is -1.14. The van der Waals surface area contributed by atoms with Gasteiger partial charge in [0.25, 0.3) is 0 Å². The molecular weight excluding hydrogens is 250 g/mol. The molecule has 0 aliphatic heterocycles. The van der Waals surface area contributed by atoms with Crippen LogP contribution in [0, 0.1) is 5.41 Å². The van der Waals surface area contributed by atoms with Gasteiger partial charge >= 0.3 is 0 Å². The number of aliphatic hydroxyl groups is 1. The first-order valence-electron chi connectivity index (χ1n) is 6.12. The molecule has 102 valence electrons. The Balaban J connectivity index is 2.45. The van der Waals surface area contributed by atoms with E-state index in [1.54, 1.807) is 5.38 Å². The number of thiazole rings is 1. The first-order chi connectivity index (χ1) is 8.55. The molecule has 6 heteroatoms. The number of hydrogen-bond donors (Lipinski definition) is 3. The smallest absolute Gasteiger partial charge is 0.226 e. The minimum absolute atomic E-state index is 0.0833. The van der Waals surface area contributed by atoms with E-state index in [9.17, 15) is 9.90 Å². The predicted octanol–water partition coefficient (Wildman–Crippen LogP) is 1.18. The Morgan fingerprint density at radius 3 is 2.67 bits per heavy atom. The van der Waals surface area contributed by atoms with Crippen LogP contribution < -0.4 is 11.1 Å². The van der Waals surface area contributed by atoms with E-state index in [0.29, 0.717) is 17.4 Å². The van der Waals surface area contributed by atoms with Gasteiger partial charge < -0.3 is 16.2 Å². The molecule has 0 fully saturated rings. The van der Waals surface area contributed by atoms with Crippen LogP contribution in [0.3, 0.4) is 0 Å². The summed E-state index contributed by atoms with van der Waals surface area (Å²) in [6.45, 7) is 4.62. The average molecular weight is 271 g/mol. The minimum Gasteiger partial charge on any atom is -0.396 e. The van der Waals surface area contributed by atoms with Gasteiger partial charge in [0.15, 0.2) is 5.13 Å². The summed E-state index contributed by atoms with van der Waals surface area (Å²) in [5.74, 6) is -0.0833. The van der Waals surface area contributed by atoms with Crippen LogP contribution in [0.1, 0.15) is 32.4 Å². The first-order valence-corrected chi connectivity index (χ1v) is 7.00. The summed E-state index contributed by atoms with van der Waals surface area (Å²) < 4.78 is 0. The van der Waals surface area contributed by atoms with E-state index in [-0.39, 0.29) is 24.3 Å². The number of amides is 1. The van der Waals surface area contributed by atoms with Gasteiger partial charge in [-0.25, -0.2) is 4.98 Å². The summed E-state index contributed by atoms with van der Waals surface area (Å²) in [5, 5.41) is 14.5. The zero-order valence-electron chi connectivity index (χ0n) is 10.9. The van der Waals surface area contributed by atoms with E-state index in [0.717, 1.165) is 12.8 Å². The zero-order chi connectivity index (χ0) is 13.6. The van der Waals surface area contributed by atoms with Crippen LogP contribution >= 0.6 is 11.3 Å². The van der Waals surface area contributed by atoms with Crippen molar-refractivity contribution in [2.24, 2.45) is 5.41 Å². The van der Waals surface area contributed by atoms with Gasteiger partial charge in [-0.1, -0.05) is 13.8 Å². The second-order valence-electron chi connectivity index (χ2n) is 4.50. The number of aliphatic hydroxyl groups excluding tert-OH is 1. The van der Waals surface area contributed by atoms with Crippen LogP contribution in [-0.2, 0) is 11.2 Å². The molecule has 1 aromatic rings. The highest BCUT2D eigenvalue weighted by Crippen LogP contribution is 2.24. The van der Waals surface area contributed by atoms with Crippen molar-refractivity contribution in [3.8, 4) is 0 Å². The number of hydrogen-bond acceptors (Lipinski definition) is 5. The zero-order valence-corrected chi connectivity index (χ0v) is 11.7. The average Bonchev–Trinajstić information content (AvgIpc) is 2.77. The normalized spacial score (nSPS) is 11.5. The van der Waals surface area contributed by atoms with Gasteiger partial charge in [0.05, 0.1) is 18.7 Å². The molecule has 0 aliphatic carbocycles. The maximum absolute atomic E-state index is 11.7. The molecule has 1 rings (SSSR count). The van der Waals surface area contributed by atoms with E-state index in [1.807, 2.05) is 13.8 Å². The molecule has 0 aliphatic rings. The van der Waals surface area contributed by atoms with Gasteiger partial charge in [-0.15, -0.1) is 11.3 Å². The summed E-state index contributed by atoms with van der Waals surface area (Å²) >= 11 is 1.33. The van der Waals surface area contributed by atoms with Crippen LogP contribution in [-0.4, -0.2) is 29.1 Å². The predicted molar refractivity (Wildman–Crippen MR) is 73.3 cm³/mol. The molecule has 0 bridgehead atoms.